The predicted molar refractivity (Wildman–Crippen MR) is 88.5 cm³/mol. The van der Waals surface area contributed by atoms with Gasteiger partial charge in [-0.15, -0.1) is 11.3 Å². The van der Waals surface area contributed by atoms with Gasteiger partial charge in [-0.3, -0.25) is 0 Å². The smallest absolute Gasteiger partial charge is 0.0962 e. The molecule has 0 aliphatic heterocycles. The van der Waals surface area contributed by atoms with Crippen molar-refractivity contribution in [2.24, 2.45) is 5.92 Å². The van der Waals surface area contributed by atoms with Gasteiger partial charge in [-0.05, 0) is 44.6 Å². The van der Waals surface area contributed by atoms with E-state index < -0.39 is 0 Å². The quantitative estimate of drug-likeness (QED) is 0.774. The number of rotatable bonds is 7. The SMILES string of the molecule is CCCC1CCC(c2nc(CC)c(CNCC)s2)CC1. The van der Waals surface area contributed by atoms with E-state index in [1.165, 1.54) is 54.1 Å². The summed E-state index contributed by atoms with van der Waals surface area (Å²) in [5.41, 5.74) is 1.33. The van der Waals surface area contributed by atoms with Crippen molar-refractivity contribution in [1.82, 2.24) is 10.3 Å². The zero-order chi connectivity index (χ0) is 14.4. The largest absolute Gasteiger partial charge is 0.312 e. The third-order valence-corrected chi connectivity index (χ3v) is 5.82. The molecule has 1 aromatic rings. The molecule has 1 heterocycles. The van der Waals surface area contributed by atoms with Crippen molar-refractivity contribution in [3.63, 3.8) is 0 Å². The highest BCUT2D eigenvalue weighted by molar-refractivity contribution is 7.11. The summed E-state index contributed by atoms with van der Waals surface area (Å²) in [6, 6.07) is 0. The van der Waals surface area contributed by atoms with Crippen molar-refractivity contribution in [2.75, 3.05) is 6.54 Å². The first-order chi connectivity index (χ1) is 9.78. The van der Waals surface area contributed by atoms with E-state index in [0.717, 1.165) is 31.3 Å². The maximum Gasteiger partial charge on any atom is 0.0962 e. The molecule has 1 aromatic heterocycles. The lowest BCUT2D eigenvalue weighted by atomic mass is 9.80. The number of aromatic nitrogens is 1. The average molecular weight is 295 g/mol. The minimum absolute atomic E-state index is 0.744. The second-order valence-electron chi connectivity index (χ2n) is 6.06. The first-order valence-corrected chi connectivity index (χ1v) is 9.29. The molecule has 1 saturated carbocycles. The molecule has 1 fully saturated rings. The Morgan fingerprint density at radius 1 is 1.15 bits per heavy atom. The number of aryl methyl sites for hydroxylation is 1. The molecule has 1 aliphatic carbocycles. The Morgan fingerprint density at radius 3 is 2.50 bits per heavy atom. The maximum absolute atomic E-state index is 4.95. The second kappa shape index (κ2) is 8.14. The Labute approximate surface area is 128 Å². The monoisotopic (exact) mass is 294 g/mol. The fourth-order valence-electron chi connectivity index (χ4n) is 3.34. The lowest BCUT2D eigenvalue weighted by Gasteiger charge is -2.27. The molecule has 20 heavy (non-hydrogen) atoms. The number of nitrogens with one attached hydrogen (secondary N) is 1. The zero-order valence-electron chi connectivity index (χ0n) is 13.4. The van der Waals surface area contributed by atoms with Crippen LogP contribution in [0, 0.1) is 5.92 Å². The third kappa shape index (κ3) is 4.05. The fourth-order valence-corrected chi connectivity index (χ4v) is 4.63. The van der Waals surface area contributed by atoms with Crippen LogP contribution in [-0.2, 0) is 13.0 Å². The highest BCUT2D eigenvalue weighted by atomic mass is 32.1. The lowest BCUT2D eigenvalue weighted by molar-refractivity contribution is 0.308. The second-order valence-corrected chi connectivity index (χ2v) is 7.18. The highest BCUT2D eigenvalue weighted by Gasteiger charge is 2.25. The van der Waals surface area contributed by atoms with Gasteiger partial charge < -0.3 is 5.32 Å². The summed E-state index contributed by atoms with van der Waals surface area (Å²) in [6.07, 6.45) is 9.41. The number of thiazole rings is 1. The molecular formula is C17H30N2S. The van der Waals surface area contributed by atoms with Crippen LogP contribution in [0.1, 0.15) is 80.8 Å². The standard InChI is InChI=1S/C17H30N2S/c1-4-7-13-8-10-14(11-9-13)17-19-15(5-2)16(20-17)12-18-6-3/h13-14,18H,4-12H2,1-3H3. The summed E-state index contributed by atoms with van der Waals surface area (Å²) in [6.45, 7) is 8.75. The Hall–Kier alpha value is -0.410. The molecule has 0 unspecified atom stereocenters. The molecule has 0 saturated heterocycles. The van der Waals surface area contributed by atoms with Crippen LogP contribution in [0.2, 0.25) is 0 Å². The van der Waals surface area contributed by atoms with Gasteiger partial charge in [0.2, 0.25) is 0 Å². The lowest BCUT2D eigenvalue weighted by Crippen LogP contribution is -2.13. The third-order valence-electron chi connectivity index (χ3n) is 4.56. The van der Waals surface area contributed by atoms with E-state index in [1.54, 1.807) is 0 Å². The molecule has 0 aromatic carbocycles. The van der Waals surface area contributed by atoms with Crippen molar-refractivity contribution in [2.45, 2.75) is 78.2 Å². The van der Waals surface area contributed by atoms with Crippen LogP contribution in [0.5, 0.6) is 0 Å². The van der Waals surface area contributed by atoms with Gasteiger partial charge in [0, 0.05) is 17.3 Å². The number of hydrogen-bond donors (Lipinski definition) is 1. The van der Waals surface area contributed by atoms with Crippen molar-refractivity contribution >= 4 is 11.3 Å². The normalized spacial score (nSPS) is 23.1. The fraction of sp³-hybridized carbons (Fsp3) is 0.824. The van der Waals surface area contributed by atoms with E-state index in [0.29, 0.717) is 0 Å². The molecule has 0 amide bonds. The number of hydrogen-bond acceptors (Lipinski definition) is 3. The van der Waals surface area contributed by atoms with Crippen LogP contribution in [0.25, 0.3) is 0 Å². The summed E-state index contributed by atoms with van der Waals surface area (Å²) in [7, 11) is 0. The first-order valence-electron chi connectivity index (χ1n) is 8.47. The molecule has 3 heteroatoms. The Balaban J connectivity index is 1.97. The molecule has 114 valence electrons. The average Bonchev–Trinajstić information content (AvgIpc) is 2.89. The van der Waals surface area contributed by atoms with E-state index in [1.807, 2.05) is 11.3 Å². The van der Waals surface area contributed by atoms with Crippen molar-refractivity contribution in [3.05, 3.63) is 15.6 Å². The zero-order valence-corrected chi connectivity index (χ0v) is 14.2. The summed E-state index contributed by atoms with van der Waals surface area (Å²) in [4.78, 5) is 6.43. The first kappa shape index (κ1) is 16.0. The van der Waals surface area contributed by atoms with Gasteiger partial charge in [-0.2, -0.15) is 0 Å². The van der Waals surface area contributed by atoms with Gasteiger partial charge in [0.25, 0.3) is 0 Å². The van der Waals surface area contributed by atoms with Crippen molar-refractivity contribution < 1.29 is 0 Å². The van der Waals surface area contributed by atoms with Crippen LogP contribution in [0.15, 0.2) is 0 Å². The van der Waals surface area contributed by atoms with Crippen LogP contribution in [0.3, 0.4) is 0 Å². The summed E-state index contributed by atoms with van der Waals surface area (Å²) < 4.78 is 0. The molecule has 0 atom stereocenters. The van der Waals surface area contributed by atoms with Gasteiger partial charge >= 0.3 is 0 Å². The van der Waals surface area contributed by atoms with Crippen LogP contribution in [-0.4, -0.2) is 11.5 Å². The Bertz CT molecular complexity index is 392. The molecule has 2 nitrogen and oxygen atoms in total. The minimum atomic E-state index is 0.744. The summed E-state index contributed by atoms with van der Waals surface area (Å²) in [5, 5.41) is 4.87. The molecule has 0 spiro atoms. The highest BCUT2D eigenvalue weighted by Crippen LogP contribution is 2.39. The van der Waals surface area contributed by atoms with Crippen molar-refractivity contribution in [1.29, 1.82) is 0 Å². The predicted octanol–water partition coefficient (Wildman–Crippen LogP) is 4.89. The maximum atomic E-state index is 4.95. The van der Waals surface area contributed by atoms with Gasteiger partial charge in [0.15, 0.2) is 0 Å². The van der Waals surface area contributed by atoms with Gasteiger partial charge in [0.05, 0.1) is 10.7 Å². The Kier molecular flexibility index (Phi) is 6.50. The van der Waals surface area contributed by atoms with E-state index in [2.05, 4.69) is 26.1 Å². The molecule has 1 N–H and O–H groups in total. The molecule has 0 radical (unpaired) electrons. The molecule has 0 bridgehead atoms. The topological polar surface area (TPSA) is 24.9 Å². The Morgan fingerprint density at radius 2 is 1.90 bits per heavy atom. The molecule has 2 rings (SSSR count). The minimum Gasteiger partial charge on any atom is -0.312 e. The van der Waals surface area contributed by atoms with E-state index in [-0.39, 0.29) is 0 Å². The van der Waals surface area contributed by atoms with Gasteiger partial charge in [-0.25, -0.2) is 4.98 Å². The summed E-state index contributed by atoms with van der Waals surface area (Å²) >= 11 is 1.97. The summed E-state index contributed by atoms with van der Waals surface area (Å²) in [5.74, 6) is 1.73. The number of nitrogens with zero attached hydrogens (tertiary/aromatic N) is 1. The van der Waals surface area contributed by atoms with Gasteiger partial charge in [-0.1, -0.05) is 33.6 Å². The van der Waals surface area contributed by atoms with Gasteiger partial charge in [0.1, 0.15) is 0 Å². The van der Waals surface area contributed by atoms with E-state index in [9.17, 15) is 0 Å². The van der Waals surface area contributed by atoms with Crippen molar-refractivity contribution in [3.8, 4) is 0 Å². The van der Waals surface area contributed by atoms with Crippen LogP contribution < -0.4 is 5.32 Å². The molecule has 1 aliphatic rings. The van der Waals surface area contributed by atoms with E-state index >= 15 is 0 Å². The van der Waals surface area contributed by atoms with Crippen LogP contribution in [0.4, 0.5) is 0 Å². The van der Waals surface area contributed by atoms with E-state index in [4.69, 9.17) is 4.98 Å². The molecular weight excluding hydrogens is 264 g/mol. The van der Waals surface area contributed by atoms with Crippen LogP contribution >= 0.6 is 11.3 Å².